The van der Waals surface area contributed by atoms with Crippen LogP contribution >= 0.6 is 0 Å². The lowest BCUT2D eigenvalue weighted by molar-refractivity contribution is 0.0625. The Kier molecular flexibility index (Phi) is 7.29. The number of pyridine rings is 1. The summed E-state index contributed by atoms with van der Waals surface area (Å²) in [7, 11) is 2.10. The molecule has 0 saturated heterocycles. The van der Waals surface area contributed by atoms with Crippen molar-refractivity contribution in [1.29, 1.82) is 0 Å². The summed E-state index contributed by atoms with van der Waals surface area (Å²) in [4.78, 5) is 6.77. The molecule has 0 atom stereocenters. The number of hydrogen-bond acceptors (Lipinski definition) is 4. The van der Waals surface area contributed by atoms with E-state index in [0.29, 0.717) is 6.10 Å². The Hall–Kier alpha value is -0.970. The van der Waals surface area contributed by atoms with Crippen molar-refractivity contribution >= 4 is 0 Å². The van der Waals surface area contributed by atoms with Gasteiger partial charge in [-0.15, -0.1) is 0 Å². The minimum atomic E-state index is 0.134. The second-order valence-electron chi connectivity index (χ2n) is 6.92. The lowest BCUT2D eigenvalue weighted by Crippen LogP contribution is -2.35. The molecule has 0 aliphatic heterocycles. The molecule has 1 rings (SSSR count). The van der Waals surface area contributed by atoms with Crippen LogP contribution in [0.1, 0.15) is 45.9 Å². The molecule has 21 heavy (non-hydrogen) atoms. The summed E-state index contributed by atoms with van der Waals surface area (Å²) in [6, 6.07) is 4.26. The maximum atomic E-state index is 5.56. The van der Waals surface area contributed by atoms with Crippen LogP contribution in [0.25, 0.3) is 0 Å². The predicted octanol–water partition coefficient (Wildman–Crippen LogP) is 2.83. The number of ether oxygens (including phenoxy) is 1. The van der Waals surface area contributed by atoms with Gasteiger partial charge in [0.1, 0.15) is 0 Å². The van der Waals surface area contributed by atoms with Crippen LogP contribution in [0.4, 0.5) is 0 Å². The molecule has 0 spiro atoms. The zero-order valence-corrected chi connectivity index (χ0v) is 14.4. The van der Waals surface area contributed by atoms with Gasteiger partial charge < -0.3 is 10.1 Å². The minimum absolute atomic E-state index is 0.134. The van der Waals surface area contributed by atoms with Crippen molar-refractivity contribution in [3.8, 4) is 0 Å². The van der Waals surface area contributed by atoms with Crippen LogP contribution in [0.5, 0.6) is 0 Å². The quantitative estimate of drug-likeness (QED) is 0.800. The fraction of sp³-hybridized carbons (Fsp3) is 0.706. The Labute approximate surface area is 129 Å². The SMILES string of the molecule is CC(C)OCCN(C)Cc1ccc(CNC(C)(C)C)cn1. The summed E-state index contributed by atoms with van der Waals surface area (Å²) in [5.41, 5.74) is 2.45. The highest BCUT2D eigenvalue weighted by Gasteiger charge is 2.08. The van der Waals surface area contributed by atoms with E-state index in [2.05, 4.69) is 69.0 Å². The first-order chi connectivity index (χ1) is 9.76. The molecule has 0 bridgehead atoms. The summed E-state index contributed by atoms with van der Waals surface area (Å²) in [6.45, 7) is 14.0. The van der Waals surface area contributed by atoms with Gasteiger partial charge in [0.05, 0.1) is 18.4 Å². The van der Waals surface area contributed by atoms with E-state index in [1.807, 2.05) is 6.20 Å². The third kappa shape index (κ3) is 8.81. The lowest BCUT2D eigenvalue weighted by Gasteiger charge is -2.20. The van der Waals surface area contributed by atoms with Gasteiger partial charge in [0.25, 0.3) is 0 Å². The Bertz CT molecular complexity index is 395. The standard InChI is InChI=1S/C17H31N3O/c1-14(2)21-10-9-20(6)13-16-8-7-15(11-18-16)12-19-17(3,4)5/h7-8,11,14,19H,9-10,12-13H2,1-6H3. The monoisotopic (exact) mass is 293 g/mol. The van der Waals surface area contributed by atoms with Crippen LogP contribution in [-0.2, 0) is 17.8 Å². The van der Waals surface area contributed by atoms with Crippen molar-refractivity contribution in [2.24, 2.45) is 0 Å². The molecule has 0 radical (unpaired) electrons. The molecule has 1 aromatic rings. The van der Waals surface area contributed by atoms with Gasteiger partial charge in [0.2, 0.25) is 0 Å². The van der Waals surface area contributed by atoms with E-state index < -0.39 is 0 Å². The first-order valence-electron chi connectivity index (χ1n) is 7.75. The van der Waals surface area contributed by atoms with E-state index in [-0.39, 0.29) is 5.54 Å². The Morgan fingerprint density at radius 1 is 1.29 bits per heavy atom. The van der Waals surface area contributed by atoms with Crippen molar-refractivity contribution < 1.29 is 4.74 Å². The smallest absolute Gasteiger partial charge is 0.0596 e. The maximum absolute atomic E-state index is 5.56. The van der Waals surface area contributed by atoms with E-state index in [1.165, 1.54) is 5.56 Å². The molecular formula is C17H31N3O. The van der Waals surface area contributed by atoms with E-state index in [9.17, 15) is 0 Å². The average molecular weight is 293 g/mol. The Morgan fingerprint density at radius 3 is 2.52 bits per heavy atom. The third-order valence-electron chi connectivity index (χ3n) is 3.06. The van der Waals surface area contributed by atoms with Crippen LogP contribution in [0, 0.1) is 0 Å². The molecule has 120 valence electrons. The second kappa shape index (κ2) is 8.47. The molecule has 1 heterocycles. The number of nitrogens with zero attached hydrogens (tertiary/aromatic N) is 2. The topological polar surface area (TPSA) is 37.4 Å². The van der Waals surface area contributed by atoms with Crippen LogP contribution in [0.3, 0.4) is 0 Å². The maximum Gasteiger partial charge on any atom is 0.0596 e. The zero-order chi connectivity index (χ0) is 15.9. The minimum Gasteiger partial charge on any atom is -0.377 e. The number of likely N-dealkylation sites (N-methyl/N-ethyl adjacent to an activating group) is 1. The molecule has 0 saturated carbocycles. The number of hydrogen-bond donors (Lipinski definition) is 1. The Balaban J connectivity index is 2.36. The predicted molar refractivity (Wildman–Crippen MR) is 88.3 cm³/mol. The first-order valence-corrected chi connectivity index (χ1v) is 7.75. The molecule has 0 aliphatic carbocycles. The fourth-order valence-electron chi connectivity index (χ4n) is 1.82. The highest BCUT2D eigenvalue weighted by Crippen LogP contribution is 2.06. The normalized spacial score (nSPS) is 12.4. The van der Waals surface area contributed by atoms with E-state index >= 15 is 0 Å². The highest BCUT2D eigenvalue weighted by molar-refractivity contribution is 5.14. The summed E-state index contributed by atoms with van der Waals surface area (Å²) >= 11 is 0. The second-order valence-corrected chi connectivity index (χ2v) is 6.92. The van der Waals surface area contributed by atoms with Crippen molar-refractivity contribution in [3.63, 3.8) is 0 Å². The summed E-state index contributed by atoms with van der Waals surface area (Å²) in [6.07, 6.45) is 2.26. The number of rotatable bonds is 8. The first kappa shape index (κ1) is 18.1. The molecular weight excluding hydrogens is 262 g/mol. The lowest BCUT2D eigenvalue weighted by atomic mass is 10.1. The van der Waals surface area contributed by atoms with Gasteiger partial charge in [-0.3, -0.25) is 9.88 Å². The molecule has 0 unspecified atom stereocenters. The van der Waals surface area contributed by atoms with Crippen molar-refractivity contribution in [2.75, 3.05) is 20.2 Å². The molecule has 0 fully saturated rings. The highest BCUT2D eigenvalue weighted by atomic mass is 16.5. The van der Waals surface area contributed by atoms with Crippen molar-refractivity contribution in [1.82, 2.24) is 15.2 Å². The van der Waals surface area contributed by atoms with Crippen LogP contribution in [-0.4, -0.2) is 41.7 Å². The largest absolute Gasteiger partial charge is 0.377 e. The average Bonchev–Trinajstić information content (AvgIpc) is 2.36. The van der Waals surface area contributed by atoms with Gasteiger partial charge in [0, 0.05) is 31.4 Å². The van der Waals surface area contributed by atoms with E-state index in [1.54, 1.807) is 0 Å². The fourth-order valence-corrected chi connectivity index (χ4v) is 1.82. The van der Waals surface area contributed by atoms with Crippen molar-refractivity contribution in [3.05, 3.63) is 29.6 Å². The van der Waals surface area contributed by atoms with Crippen LogP contribution in [0.15, 0.2) is 18.3 Å². The molecule has 4 heteroatoms. The molecule has 0 aliphatic rings. The summed E-state index contributed by atoms with van der Waals surface area (Å²) in [5, 5.41) is 3.47. The summed E-state index contributed by atoms with van der Waals surface area (Å²) < 4.78 is 5.56. The third-order valence-corrected chi connectivity index (χ3v) is 3.06. The molecule has 0 aromatic carbocycles. The van der Waals surface area contributed by atoms with Gasteiger partial charge in [-0.2, -0.15) is 0 Å². The van der Waals surface area contributed by atoms with Crippen molar-refractivity contribution in [2.45, 2.75) is 59.4 Å². The number of nitrogens with one attached hydrogen (secondary N) is 1. The molecule has 1 aromatic heterocycles. The van der Waals surface area contributed by atoms with Crippen LogP contribution in [0.2, 0.25) is 0 Å². The van der Waals surface area contributed by atoms with E-state index in [0.717, 1.165) is 31.9 Å². The van der Waals surface area contributed by atoms with Crippen LogP contribution < -0.4 is 5.32 Å². The number of aromatic nitrogens is 1. The molecule has 0 amide bonds. The van der Waals surface area contributed by atoms with Gasteiger partial charge in [-0.25, -0.2) is 0 Å². The van der Waals surface area contributed by atoms with Gasteiger partial charge in [-0.1, -0.05) is 6.07 Å². The van der Waals surface area contributed by atoms with E-state index in [4.69, 9.17) is 4.74 Å². The van der Waals surface area contributed by atoms with Gasteiger partial charge >= 0.3 is 0 Å². The zero-order valence-electron chi connectivity index (χ0n) is 14.4. The summed E-state index contributed by atoms with van der Waals surface area (Å²) in [5.74, 6) is 0. The van der Waals surface area contributed by atoms with Gasteiger partial charge in [0.15, 0.2) is 0 Å². The molecule has 4 nitrogen and oxygen atoms in total. The van der Waals surface area contributed by atoms with Gasteiger partial charge in [-0.05, 0) is 53.3 Å². The molecule has 1 N–H and O–H groups in total. The Morgan fingerprint density at radius 2 is 2.00 bits per heavy atom.